The van der Waals surface area contributed by atoms with E-state index in [1.165, 1.54) is 0 Å². The van der Waals surface area contributed by atoms with Crippen molar-refractivity contribution >= 4 is 24.0 Å². The van der Waals surface area contributed by atoms with Crippen LogP contribution in [0.2, 0.25) is 0 Å². The van der Waals surface area contributed by atoms with E-state index in [0.717, 1.165) is 60.7 Å². The maximum absolute atomic E-state index is 13.1. The molecule has 0 unspecified atom stereocenters. The molecule has 0 spiro atoms. The van der Waals surface area contributed by atoms with Crippen molar-refractivity contribution in [3.8, 4) is 11.5 Å². The predicted molar refractivity (Wildman–Crippen MR) is 116 cm³/mol. The first-order valence-electron chi connectivity index (χ1n) is 10.2. The third-order valence-electron chi connectivity index (χ3n) is 6.02. The molecule has 160 valence electrons. The highest BCUT2D eigenvalue weighted by molar-refractivity contribution is 6.07. The number of amides is 1. The Morgan fingerprint density at radius 3 is 2.52 bits per heavy atom. The minimum Gasteiger partial charge on any atom is -0.493 e. The molecular weight excluding hydrogens is 390 g/mol. The molecule has 1 aromatic rings. The molecule has 0 bridgehead atoms. The van der Waals surface area contributed by atoms with Gasteiger partial charge in [0.1, 0.15) is 5.60 Å². The maximum Gasteiger partial charge on any atom is 0.248 e. The van der Waals surface area contributed by atoms with Gasteiger partial charge in [-0.3, -0.25) is 4.79 Å². The Hall–Kier alpha value is -1.79. The largest absolute Gasteiger partial charge is 0.493 e. The van der Waals surface area contributed by atoms with Crippen molar-refractivity contribution in [3.05, 3.63) is 23.3 Å². The van der Waals surface area contributed by atoms with E-state index in [0.29, 0.717) is 6.42 Å². The van der Waals surface area contributed by atoms with Gasteiger partial charge in [0.25, 0.3) is 0 Å². The number of hydrazone groups is 1. The van der Waals surface area contributed by atoms with Gasteiger partial charge in [0.15, 0.2) is 11.5 Å². The summed E-state index contributed by atoms with van der Waals surface area (Å²) >= 11 is 0. The van der Waals surface area contributed by atoms with Gasteiger partial charge in [-0.2, -0.15) is 5.10 Å². The molecule has 0 aromatic heterocycles. The van der Waals surface area contributed by atoms with Crippen molar-refractivity contribution in [2.75, 3.05) is 20.2 Å². The number of fused-ring (bicyclic) bond motifs is 1. The van der Waals surface area contributed by atoms with Crippen molar-refractivity contribution in [1.82, 2.24) is 10.3 Å². The molecule has 0 radical (unpaired) electrons. The molecule has 0 atom stereocenters. The molecule has 3 aliphatic heterocycles. The number of hydrogen-bond donors (Lipinski definition) is 1. The Kier molecular flexibility index (Phi) is 5.89. The van der Waals surface area contributed by atoms with E-state index in [9.17, 15) is 4.79 Å². The van der Waals surface area contributed by atoms with E-state index in [4.69, 9.17) is 14.6 Å². The first kappa shape index (κ1) is 21.9. The normalized spacial score (nSPS) is 23.0. The average molecular weight is 422 g/mol. The summed E-state index contributed by atoms with van der Waals surface area (Å²) in [6.07, 6.45) is 3.31. The molecule has 1 N–H and O–H groups in total. The highest BCUT2D eigenvalue weighted by Gasteiger charge is 2.43. The molecule has 1 fully saturated rings. The Morgan fingerprint density at radius 1 is 1.17 bits per heavy atom. The number of methoxy groups -OCH3 is 1. The fourth-order valence-corrected chi connectivity index (χ4v) is 4.53. The SMILES string of the molecule is COc1ccc(C2=NN(C3CCNCC3)C(=O)C(C)(C)C2)c2c1OC(C)(C)C2.Cl. The lowest BCUT2D eigenvalue weighted by atomic mass is 9.80. The quantitative estimate of drug-likeness (QED) is 0.810. The van der Waals surface area contributed by atoms with Gasteiger partial charge in [0, 0.05) is 24.0 Å². The third-order valence-corrected chi connectivity index (χ3v) is 6.02. The molecule has 0 saturated carbocycles. The van der Waals surface area contributed by atoms with E-state index in [2.05, 4.69) is 25.2 Å². The molecule has 1 amide bonds. The third kappa shape index (κ3) is 3.97. The van der Waals surface area contributed by atoms with Crippen LogP contribution in [-0.2, 0) is 11.2 Å². The average Bonchev–Trinajstić information content (AvgIpc) is 2.98. The summed E-state index contributed by atoms with van der Waals surface area (Å²) in [4.78, 5) is 13.1. The first-order chi connectivity index (χ1) is 13.2. The van der Waals surface area contributed by atoms with Crippen molar-refractivity contribution in [3.63, 3.8) is 0 Å². The Morgan fingerprint density at radius 2 is 1.86 bits per heavy atom. The van der Waals surface area contributed by atoms with Crippen LogP contribution in [0.3, 0.4) is 0 Å². The second kappa shape index (κ2) is 7.80. The number of nitrogens with one attached hydrogen (secondary N) is 1. The van der Waals surface area contributed by atoms with E-state index in [1.807, 2.05) is 19.9 Å². The van der Waals surface area contributed by atoms with Crippen LogP contribution in [0.5, 0.6) is 11.5 Å². The van der Waals surface area contributed by atoms with Crippen LogP contribution < -0.4 is 14.8 Å². The lowest BCUT2D eigenvalue weighted by Gasteiger charge is -2.40. The monoisotopic (exact) mass is 421 g/mol. The molecule has 4 rings (SSSR count). The van der Waals surface area contributed by atoms with Crippen molar-refractivity contribution in [1.29, 1.82) is 0 Å². The number of halogens is 1. The Balaban J connectivity index is 0.00000240. The van der Waals surface area contributed by atoms with E-state index < -0.39 is 5.41 Å². The van der Waals surface area contributed by atoms with Crippen LogP contribution in [0.4, 0.5) is 0 Å². The summed E-state index contributed by atoms with van der Waals surface area (Å²) in [6.45, 7) is 10.1. The topological polar surface area (TPSA) is 63.2 Å². The molecule has 1 saturated heterocycles. The number of benzene rings is 1. The van der Waals surface area contributed by atoms with Crippen LogP contribution in [0.1, 0.15) is 58.1 Å². The van der Waals surface area contributed by atoms with Crippen LogP contribution >= 0.6 is 12.4 Å². The molecule has 6 nitrogen and oxygen atoms in total. The van der Waals surface area contributed by atoms with Gasteiger partial charge in [-0.15, -0.1) is 12.4 Å². The van der Waals surface area contributed by atoms with Crippen LogP contribution in [0.15, 0.2) is 17.2 Å². The van der Waals surface area contributed by atoms with Crippen LogP contribution in [-0.4, -0.2) is 48.5 Å². The van der Waals surface area contributed by atoms with Gasteiger partial charge in [-0.25, -0.2) is 5.01 Å². The zero-order valence-electron chi connectivity index (χ0n) is 18.0. The minimum absolute atomic E-state index is 0. The second-order valence-electron chi connectivity index (χ2n) is 9.40. The number of carbonyl (C=O) groups excluding carboxylic acids is 1. The highest BCUT2D eigenvalue weighted by Crippen LogP contribution is 2.45. The van der Waals surface area contributed by atoms with Crippen molar-refractivity contribution < 1.29 is 14.3 Å². The van der Waals surface area contributed by atoms with Crippen LogP contribution in [0.25, 0.3) is 0 Å². The fourth-order valence-electron chi connectivity index (χ4n) is 4.53. The van der Waals surface area contributed by atoms with Crippen molar-refractivity contribution in [2.45, 2.75) is 65.0 Å². The molecule has 1 aromatic carbocycles. The lowest BCUT2D eigenvalue weighted by Crippen LogP contribution is -2.51. The van der Waals surface area contributed by atoms with Gasteiger partial charge in [-0.1, -0.05) is 13.8 Å². The number of carbonyl (C=O) groups is 1. The summed E-state index contributed by atoms with van der Waals surface area (Å²) in [5.74, 6) is 1.70. The summed E-state index contributed by atoms with van der Waals surface area (Å²) < 4.78 is 11.7. The molecule has 0 aliphatic carbocycles. The van der Waals surface area contributed by atoms with Gasteiger partial charge < -0.3 is 14.8 Å². The number of rotatable bonds is 3. The zero-order chi connectivity index (χ0) is 20.1. The summed E-state index contributed by atoms with van der Waals surface area (Å²) in [5.41, 5.74) is 2.45. The molecular formula is C22H32ClN3O3. The number of ether oxygens (including phenoxy) is 2. The summed E-state index contributed by atoms with van der Waals surface area (Å²) in [5, 5.41) is 10.1. The molecule has 29 heavy (non-hydrogen) atoms. The Labute approximate surface area is 179 Å². The number of piperidine rings is 1. The first-order valence-corrected chi connectivity index (χ1v) is 10.2. The Bertz CT molecular complexity index is 829. The maximum atomic E-state index is 13.1. The van der Waals surface area contributed by atoms with Gasteiger partial charge in [0.2, 0.25) is 5.91 Å². The highest BCUT2D eigenvalue weighted by atomic mass is 35.5. The fraction of sp³-hybridized carbons (Fsp3) is 0.636. The van der Waals surface area contributed by atoms with Gasteiger partial charge in [-0.05, 0) is 51.9 Å². The van der Waals surface area contributed by atoms with E-state index in [-0.39, 0.29) is 30.0 Å². The zero-order valence-corrected chi connectivity index (χ0v) is 18.8. The molecule has 3 aliphatic rings. The number of nitrogens with zero attached hydrogens (tertiary/aromatic N) is 2. The minimum atomic E-state index is -0.469. The smallest absolute Gasteiger partial charge is 0.248 e. The molecule has 3 heterocycles. The van der Waals surface area contributed by atoms with Gasteiger partial charge >= 0.3 is 0 Å². The van der Waals surface area contributed by atoms with E-state index >= 15 is 0 Å². The standard InChI is InChI=1S/C22H31N3O3.ClH/c1-21(2)13-17(24-25(20(21)26)14-8-10-23-11-9-14)15-6-7-18(27-5)19-16(15)12-22(3,4)28-19;/h6-7,14,23H,8-13H2,1-5H3;1H. The second-order valence-corrected chi connectivity index (χ2v) is 9.40. The predicted octanol–water partition coefficient (Wildman–Crippen LogP) is 3.55. The van der Waals surface area contributed by atoms with Gasteiger partial charge in [0.05, 0.1) is 24.3 Å². The summed E-state index contributed by atoms with van der Waals surface area (Å²) in [7, 11) is 1.67. The van der Waals surface area contributed by atoms with E-state index in [1.54, 1.807) is 12.1 Å². The van der Waals surface area contributed by atoms with Crippen LogP contribution in [0, 0.1) is 5.41 Å². The van der Waals surface area contributed by atoms with Crippen molar-refractivity contribution in [2.24, 2.45) is 10.5 Å². The lowest BCUT2D eigenvalue weighted by molar-refractivity contribution is -0.144. The molecule has 7 heteroatoms. The summed E-state index contributed by atoms with van der Waals surface area (Å²) in [6, 6.07) is 4.20. The number of hydrogen-bond acceptors (Lipinski definition) is 5.